The normalized spacial score (nSPS) is 10.9. The molecule has 0 aliphatic rings. The quantitative estimate of drug-likeness (QED) is 0.562. The molecular formula is C21H19N5O. The number of hydrogen-bond acceptors (Lipinski definition) is 5. The summed E-state index contributed by atoms with van der Waals surface area (Å²) < 4.78 is 1.62. The third-order valence-corrected chi connectivity index (χ3v) is 4.44. The van der Waals surface area contributed by atoms with Gasteiger partial charge in [0.15, 0.2) is 0 Å². The highest BCUT2D eigenvalue weighted by Gasteiger charge is 2.07. The number of aromatic nitrogens is 4. The van der Waals surface area contributed by atoms with E-state index in [-0.39, 0.29) is 5.56 Å². The van der Waals surface area contributed by atoms with Gasteiger partial charge in [-0.3, -0.25) is 14.3 Å². The summed E-state index contributed by atoms with van der Waals surface area (Å²) in [5.41, 5.74) is 3.76. The fraction of sp³-hybridized carbons (Fsp3) is 0.143. The van der Waals surface area contributed by atoms with Gasteiger partial charge >= 0.3 is 0 Å². The van der Waals surface area contributed by atoms with Gasteiger partial charge in [-0.15, -0.1) is 0 Å². The van der Waals surface area contributed by atoms with Crippen molar-refractivity contribution >= 4 is 16.7 Å². The summed E-state index contributed by atoms with van der Waals surface area (Å²) in [6.45, 7) is 0.462. The van der Waals surface area contributed by atoms with Gasteiger partial charge in [-0.1, -0.05) is 18.2 Å². The van der Waals surface area contributed by atoms with Gasteiger partial charge in [0, 0.05) is 26.5 Å². The molecule has 0 unspecified atom stereocenters. The van der Waals surface area contributed by atoms with Crippen LogP contribution in [-0.4, -0.2) is 33.6 Å². The highest BCUT2D eigenvalue weighted by atomic mass is 16.1. The van der Waals surface area contributed by atoms with Crippen LogP contribution < -0.4 is 10.5 Å². The van der Waals surface area contributed by atoms with E-state index in [1.54, 1.807) is 29.4 Å². The number of anilines is 1. The molecule has 0 saturated heterocycles. The molecule has 3 aromatic heterocycles. The second-order valence-corrected chi connectivity index (χ2v) is 6.57. The van der Waals surface area contributed by atoms with E-state index in [0.29, 0.717) is 17.4 Å². The van der Waals surface area contributed by atoms with Gasteiger partial charge in [-0.2, -0.15) is 0 Å². The molecule has 1 aromatic carbocycles. The number of fused-ring (bicyclic) bond motifs is 1. The molecule has 0 bridgehead atoms. The molecular weight excluding hydrogens is 338 g/mol. The van der Waals surface area contributed by atoms with E-state index < -0.39 is 0 Å². The fourth-order valence-electron chi connectivity index (χ4n) is 3.01. The lowest BCUT2D eigenvalue weighted by Crippen LogP contribution is -2.21. The minimum absolute atomic E-state index is 0.0633. The third kappa shape index (κ3) is 3.42. The first kappa shape index (κ1) is 16.9. The Labute approximate surface area is 156 Å². The number of nitrogens with zero attached hydrogens (tertiary/aromatic N) is 5. The lowest BCUT2D eigenvalue weighted by Gasteiger charge is -2.13. The Kier molecular flexibility index (Phi) is 4.38. The molecule has 27 heavy (non-hydrogen) atoms. The second kappa shape index (κ2) is 6.99. The smallest absolute Gasteiger partial charge is 0.261 e. The van der Waals surface area contributed by atoms with Crippen LogP contribution >= 0.6 is 0 Å². The topological polar surface area (TPSA) is 63.9 Å². The van der Waals surface area contributed by atoms with Gasteiger partial charge < -0.3 is 4.90 Å². The lowest BCUT2D eigenvalue weighted by molar-refractivity contribution is 0.748. The predicted octanol–water partition coefficient (Wildman–Crippen LogP) is 2.97. The van der Waals surface area contributed by atoms with Crippen molar-refractivity contribution < 1.29 is 0 Å². The molecule has 0 aliphatic heterocycles. The molecule has 0 fully saturated rings. The van der Waals surface area contributed by atoms with Gasteiger partial charge in [0.25, 0.3) is 5.56 Å². The number of rotatable bonds is 4. The van der Waals surface area contributed by atoms with E-state index in [0.717, 1.165) is 22.5 Å². The molecule has 4 aromatic rings. The predicted molar refractivity (Wildman–Crippen MR) is 107 cm³/mol. The van der Waals surface area contributed by atoms with Gasteiger partial charge in [-0.05, 0) is 41.0 Å². The molecule has 134 valence electrons. The molecule has 0 amide bonds. The van der Waals surface area contributed by atoms with Crippen molar-refractivity contribution in [3.63, 3.8) is 0 Å². The zero-order chi connectivity index (χ0) is 18.8. The molecule has 0 atom stereocenters. The van der Waals surface area contributed by atoms with Crippen molar-refractivity contribution in [1.82, 2.24) is 19.5 Å². The van der Waals surface area contributed by atoms with E-state index in [9.17, 15) is 4.79 Å². The Hall–Kier alpha value is -3.54. The van der Waals surface area contributed by atoms with Crippen LogP contribution in [0.25, 0.3) is 22.0 Å². The summed E-state index contributed by atoms with van der Waals surface area (Å²) in [6.07, 6.45) is 6.61. The van der Waals surface area contributed by atoms with Crippen molar-refractivity contribution in [2.45, 2.75) is 6.54 Å². The summed E-state index contributed by atoms with van der Waals surface area (Å²) in [6, 6.07) is 13.9. The van der Waals surface area contributed by atoms with Crippen LogP contribution in [-0.2, 0) is 6.54 Å². The molecule has 0 radical (unpaired) electrons. The number of benzene rings is 1. The highest BCUT2D eigenvalue weighted by molar-refractivity contribution is 5.75. The summed E-state index contributed by atoms with van der Waals surface area (Å²) in [5.74, 6) is 0.904. The molecule has 0 spiro atoms. The Balaban J connectivity index is 1.69. The average Bonchev–Trinajstić information content (AvgIpc) is 2.71. The SMILES string of the molecule is CN(C)c1cc(-c2cccc(Cn3cnc4cnccc4c3=O)c2)ccn1. The van der Waals surface area contributed by atoms with E-state index in [4.69, 9.17) is 0 Å². The Morgan fingerprint density at radius 1 is 1.00 bits per heavy atom. The fourth-order valence-corrected chi connectivity index (χ4v) is 3.01. The third-order valence-electron chi connectivity index (χ3n) is 4.44. The first-order chi connectivity index (χ1) is 13.1. The van der Waals surface area contributed by atoms with E-state index in [1.807, 2.05) is 43.4 Å². The largest absolute Gasteiger partial charge is 0.363 e. The van der Waals surface area contributed by atoms with Crippen molar-refractivity contribution in [2.24, 2.45) is 0 Å². The van der Waals surface area contributed by atoms with E-state index in [1.165, 1.54) is 0 Å². The minimum atomic E-state index is -0.0633. The van der Waals surface area contributed by atoms with E-state index in [2.05, 4.69) is 33.2 Å². The van der Waals surface area contributed by atoms with Crippen molar-refractivity contribution in [3.05, 3.63) is 83.3 Å². The first-order valence-electron chi connectivity index (χ1n) is 8.64. The summed E-state index contributed by atoms with van der Waals surface area (Å²) in [7, 11) is 3.94. The summed E-state index contributed by atoms with van der Waals surface area (Å²) in [4.78, 5) is 27.4. The molecule has 6 nitrogen and oxygen atoms in total. The van der Waals surface area contributed by atoms with Gasteiger partial charge in [0.05, 0.1) is 30.0 Å². The number of hydrogen-bond donors (Lipinski definition) is 0. The zero-order valence-corrected chi connectivity index (χ0v) is 15.2. The molecule has 3 heterocycles. The van der Waals surface area contributed by atoms with Crippen molar-refractivity contribution in [3.8, 4) is 11.1 Å². The molecule has 6 heteroatoms. The second-order valence-electron chi connectivity index (χ2n) is 6.57. The summed E-state index contributed by atoms with van der Waals surface area (Å²) in [5, 5.41) is 0.577. The van der Waals surface area contributed by atoms with Gasteiger partial charge in [-0.25, -0.2) is 9.97 Å². The minimum Gasteiger partial charge on any atom is -0.363 e. The highest BCUT2D eigenvalue weighted by Crippen LogP contribution is 2.23. The molecule has 4 rings (SSSR count). The van der Waals surface area contributed by atoms with Crippen LogP contribution in [0.1, 0.15) is 5.56 Å². The Morgan fingerprint density at radius 2 is 1.85 bits per heavy atom. The standard InChI is InChI=1S/C21H19N5O/c1-25(2)20-11-17(6-9-23-20)16-5-3-4-15(10-16)13-26-14-24-19-12-22-8-7-18(19)21(26)27/h3-12,14H,13H2,1-2H3. The van der Waals surface area contributed by atoms with Crippen LogP contribution in [0.5, 0.6) is 0 Å². The maximum absolute atomic E-state index is 12.7. The molecule has 0 N–H and O–H groups in total. The van der Waals surface area contributed by atoms with Crippen molar-refractivity contribution in [2.75, 3.05) is 19.0 Å². The van der Waals surface area contributed by atoms with Gasteiger partial charge in [0.2, 0.25) is 0 Å². The first-order valence-corrected chi connectivity index (χ1v) is 8.64. The van der Waals surface area contributed by atoms with Crippen LogP contribution in [0.3, 0.4) is 0 Å². The molecule has 0 aliphatic carbocycles. The Morgan fingerprint density at radius 3 is 2.70 bits per heavy atom. The van der Waals surface area contributed by atoms with Crippen molar-refractivity contribution in [1.29, 1.82) is 0 Å². The maximum atomic E-state index is 12.7. The lowest BCUT2D eigenvalue weighted by atomic mass is 10.0. The van der Waals surface area contributed by atoms with Crippen LogP contribution in [0.4, 0.5) is 5.82 Å². The van der Waals surface area contributed by atoms with Crippen LogP contribution in [0.2, 0.25) is 0 Å². The van der Waals surface area contributed by atoms with Gasteiger partial charge in [0.1, 0.15) is 5.82 Å². The summed E-state index contributed by atoms with van der Waals surface area (Å²) >= 11 is 0. The maximum Gasteiger partial charge on any atom is 0.261 e. The van der Waals surface area contributed by atoms with Crippen LogP contribution in [0.15, 0.2) is 72.2 Å². The van der Waals surface area contributed by atoms with Crippen LogP contribution in [0, 0.1) is 0 Å². The average molecular weight is 357 g/mol. The van der Waals surface area contributed by atoms with E-state index >= 15 is 0 Å². The number of pyridine rings is 2. The molecule has 0 saturated carbocycles. The zero-order valence-electron chi connectivity index (χ0n) is 15.2. The monoisotopic (exact) mass is 357 g/mol. The Bertz CT molecular complexity index is 1170.